The van der Waals surface area contributed by atoms with E-state index in [-0.39, 0.29) is 17.7 Å². The fourth-order valence-corrected chi connectivity index (χ4v) is 2.28. The van der Waals surface area contributed by atoms with E-state index >= 15 is 0 Å². The molecule has 2 rings (SSSR count). The Hall–Kier alpha value is -1.04. The topological polar surface area (TPSA) is 52.9 Å². The Morgan fingerprint density at radius 1 is 1.46 bits per heavy atom. The number of hydrogen-bond donors (Lipinski definition) is 1. The third-order valence-corrected chi connectivity index (χ3v) is 3.32. The zero-order valence-corrected chi connectivity index (χ0v) is 7.62. The van der Waals surface area contributed by atoms with E-state index in [0.29, 0.717) is 18.9 Å². The highest BCUT2D eigenvalue weighted by Crippen LogP contribution is 2.38. The predicted octanol–water partition coefficient (Wildman–Crippen LogP) is 1.06. The van der Waals surface area contributed by atoms with Crippen molar-refractivity contribution in [1.29, 1.82) is 5.26 Å². The monoisotopic (exact) mass is 178 g/mol. The van der Waals surface area contributed by atoms with E-state index in [0.717, 1.165) is 0 Å². The normalized spacial score (nSPS) is 30.4. The summed E-state index contributed by atoms with van der Waals surface area (Å²) in [6, 6.07) is 2.37. The third-order valence-electron chi connectivity index (χ3n) is 3.32. The molecule has 1 saturated carbocycles. The van der Waals surface area contributed by atoms with Crippen molar-refractivity contribution in [2.24, 2.45) is 17.8 Å². The van der Waals surface area contributed by atoms with Crippen LogP contribution >= 0.6 is 0 Å². The van der Waals surface area contributed by atoms with Gasteiger partial charge >= 0.3 is 0 Å². The van der Waals surface area contributed by atoms with E-state index in [1.54, 1.807) is 0 Å². The number of hydrogen-bond acceptors (Lipinski definition) is 2. The fourth-order valence-electron chi connectivity index (χ4n) is 2.28. The molecule has 0 radical (unpaired) electrons. The molecule has 0 aromatic heterocycles. The van der Waals surface area contributed by atoms with Crippen LogP contribution < -0.4 is 5.32 Å². The zero-order valence-electron chi connectivity index (χ0n) is 7.62. The molecule has 2 fully saturated rings. The SMILES string of the molecule is N#CC(C1CCC1)C1CNC(=O)C1. The van der Waals surface area contributed by atoms with Gasteiger partial charge in [-0.1, -0.05) is 6.42 Å². The van der Waals surface area contributed by atoms with Crippen LogP contribution in [0.2, 0.25) is 0 Å². The van der Waals surface area contributed by atoms with Crippen LogP contribution in [-0.2, 0) is 4.79 Å². The molecule has 1 N–H and O–H groups in total. The average molecular weight is 178 g/mol. The standard InChI is InChI=1S/C10H14N2O/c11-5-9(7-2-1-3-7)8-4-10(13)12-6-8/h7-9H,1-4,6H2,(H,12,13). The number of carbonyl (C=O) groups excluding carboxylic acids is 1. The summed E-state index contributed by atoms with van der Waals surface area (Å²) in [5.41, 5.74) is 0. The molecule has 0 bridgehead atoms. The van der Waals surface area contributed by atoms with Crippen molar-refractivity contribution in [3.63, 3.8) is 0 Å². The lowest BCUT2D eigenvalue weighted by molar-refractivity contribution is -0.119. The molecule has 3 heteroatoms. The number of amides is 1. The number of nitriles is 1. The quantitative estimate of drug-likeness (QED) is 0.687. The Morgan fingerprint density at radius 2 is 2.23 bits per heavy atom. The summed E-state index contributed by atoms with van der Waals surface area (Å²) in [6.07, 6.45) is 4.19. The number of carbonyl (C=O) groups is 1. The van der Waals surface area contributed by atoms with Crippen molar-refractivity contribution < 1.29 is 4.79 Å². The second-order valence-corrected chi connectivity index (χ2v) is 4.11. The molecular formula is C10H14N2O. The van der Waals surface area contributed by atoms with Crippen molar-refractivity contribution in [2.75, 3.05) is 6.54 Å². The highest BCUT2D eigenvalue weighted by atomic mass is 16.1. The molecule has 1 amide bonds. The predicted molar refractivity (Wildman–Crippen MR) is 47.6 cm³/mol. The Morgan fingerprint density at radius 3 is 2.62 bits per heavy atom. The lowest BCUT2D eigenvalue weighted by atomic mass is 9.71. The highest BCUT2D eigenvalue weighted by molar-refractivity contribution is 5.78. The molecule has 0 spiro atoms. The summed E-state index contributed by atoms with van der Waals surface area (Å²) < 4.78 is 0. The minimum absolute atomic E-state index is 0.115. The smallest absolute Gasteiger partial charge is 0.220 e. The van der Waals surface area contributed by atoms with Gasteiger partial charge in [0, 0.05) is 18.9 Å². The van der Waals surface area contributed by atoms with Gasteiger partial charge in [0.2, 0.25) is 5.91 Å². The maximum absolute atomic E-state index is 11.0. The van der Waals surface area contributed by atoms with Gasteiger partial charge in [-0.2, -0.15) is 5.26 Å². The zero-order chi connectivity index (χ0) is 9.26. The fraction of sp³-hybridized carbons (Fsp3) is 0.800. The number of nitrogens with zero attached hydrogens (tertiary/aromatic N) is 1. The van der Waals surface area contributed by atoms with Gasteiger partial charge in [-0.3, -0.25) is 4.79 Å². The Labute approximate surface area is 78.1 Å². The van der Waals surface area contributed by atoms with Crippen molar-refractivity contribution in [3.8, 4) is 6.07 Å². The maximum Gasteiger partial charge on any atom is 0.220 e. The lowest BCUT2D eigenvalue weighted by Crippen LogP contribution is -2.28. The summed E-state index contributed by atoms with van der Waals surface area (Å²) in [6.45, 7) is 0.716. The first-order valence-electron chi connectivity index (χ1n) is 4.97. The third kappa shape index (κ3) is 1.53. The minimum Gasteiger partial charge on any atom is -0.356 e. The van der Waals surface area contributed by atoms with Gasteiger partial charge < -0.3 is 5.32 Å². The highest BCUT2D eigenvalue weighted by Gasteiger charge is 2.36. The molecule has 1 saturated heterocycles. The summed E-state index contributed by atoms with van der Waals surface area (Å²) in [5.74, 6) is 1.09. The van der Waals surface area contributed by atoms with E-state index in [1.165, 1.54) is 19.3 Å². The van der Waals surface area contributed by atoms with Crippen LogP contribution in [0.5, 0.6) is 0 Å². The lowest BCUT2D eigenvalue weighted by Gasteiger charge is -2.32. The van der Waals surface area contributed by atoms with Gasteiger partial charge in [-0.15, -0.1) is 0 Å². The summed E-state index contributed by atoms with van der Waals surface area (Å²) in [5, 5.41) is 11.8. The van der Waals surface area contributed by atoms with Crippen molar-refractivity contribution in [1.82, 2.24) is 5.32 Å². The minimum atomic E-state index is 0.115. The van der Waals surface area contributed by atoms with Gasteiger partial charge in [-0.05, 0) is 18.8 Å². The molecule has 1 aliphatic carbocycles. The summed E-state index contributed by atoms with van der Waals surface area (Å²) in [7, 11) is 0. The van der Waals surface area contributed by atoms with E-state index in [2.05, 4.69) is 11.4 Å². The van der Waals surface area contributed by atoms with E-state index in [4.69, 9.17) is 5.26 Å². The molecule has 2 atom stereocenters. The maximum atomic E-state index is 11.0. The molecule has 2 unspecified atom stereocenters. The second-order valence-electron chi connectivity index (χ2n) is 4.11. The first-order chi connectivity index (χ1) is 6.31. The molecule has 0 aromatic carbocycles. The van der Waals surface area contributed by atoms with Crippen LogP contribution in [0, 0.1) is 29.1 Å². The number of rotatable bonds is 2. The van der Waals surface area contributed by atoms with Crippen molar-refractivity contribution >= 4 is 5.91 Å². The van der Waals surface area contributed by atoms with E-state index < -0.39 is 0 Å². The summed E-state index contributed by atoms with van der Waals surface area (Å²) in [4.78, 5) is 11.0. The molecule has 2 aliphatic rings. The second kappa shape index (κ2) is 3.37. The molecule has 0 aromatic rings. The van der Waals surface area contributed by atoms with E-state index in [1.807, 2.05) is 0 Å². The van der Waals surface area contributed by atoms with Crippen molar-refractivity contribution in [3.05, 3.63) is 0 Å². The number of nitrogens with one attached hydrogen (secondary N) is 1. The first kappa shape index (κ1) is 8.55. The largest absolute Gasteiger partial charge is 0.356 e. The molecule has 3 nitrogen and oxygen atoms in total. The van der Waals surface area contributed by atoms with Crippen LogP contribution in [0.3, 0.4) is 0 Å². The molecule has 1 aliphatic heterocycles. The van der Waals surface area contributed by atoms with Crippen LogP contribution in [0.25, 0.3) is 0 Å². The van der Waals surface area contributed by atoms with Crippen LogP contribution in [0.4, 0.5) is 0 Å². The average Bonchev–Trinajstić information content (AvgIpc) is 2.43. The van der Waals surface area contributed by atoms with Gasteiger partial charge in [0.15, 0.2) is 0 Å². The Kier molecular flexibility index (Phi) is 2.22. The molecular weight excluding hydrogens is 164 g/mol. The van der Waals surface area contributed by atoms with E-state index in [9.17, 15) is 4.79 Å². The van der Waals surface area contributed by atoms with Crippen molar-refractivity contribution in [2.45, 2.75) is 25.7 Å². The van der Waals surface area contributed by atoms with Gasteiger partial charge in [-0.25, -0.2) is 0 Å². The first-order valence-corrected chi connectivity index (χ1v) is 4.97. The Balaban J connectivity index is 1.96. The van der Waals surface area contributed by atoms with Gasteiger partial charge in [0.05, 0.1) is 12.0 Å². The summed E-state index contributed by atoms with van der Waals surface area (Å²) >= 11 is 0. The van der Waals surface area contributed by atoms with Crippen LogP contribution in [0.1, 0.15) is 25.7 Å². The van der Waals surface area contributed by atoms with Gasteiger partial charge in [0.1, 0.15) is 0 Å². The van der Waals surface area contributed by atoms with Gasteiger partial charge in [0.25, 0.3) is 0 Å². The van der Waals surface area contributed by atoms with Crippen LogP contribution in [0.15, 0.2) is 0 Å². The van der Waals surface area contributed by atoms with Crippen LogP contribution in [-0.4, -0.2) is 12.5 Å². The molecule has 1 heterocycles. The molecule has 13 heavy (non-hydrogen) atoms. The Bertz CT molecular complexity index is 252. The molecule has 70 valence electrons.